The molecule has 3 N–H and O–H groups in total. The summed E-state index contributed by atoms with van der Waals surface area (Å²) < 4.78 is 4.89. The highest BCUT2D eigenvalue weighted by atomic mass is 16.8. The predicted octanol–water partition coefficient (Wildman–Crippen LogP) is 1.24. The molecule has 0 bridgehead atoms. The maximum Gasteiger partial charge on any atom is 0.221 e. The average Bonchev–Trinajstić information content (AvgIpc) is 2.16. The normalized spacial score (nSPS) is 9.60. The number of nitrogens with zero attached hydrogens (tertiary/aromatic N) is 1. The highest BCUT2D eigenvalue weighted by Gasteiger charge is 2.09. The Morgan fingerprint density at radius 3 is 2.60 bits per heavy atom. The van der Waals surface area contributed by atoms with Crippen molar-refractivity contribution in [3.63, 3.8) is 0 Å². The number of hydrogen-bond acceptors (Lipinski definition) is 5. The third-order valence-electron chi connectivity index (χ3n) is 1.71. The second-order valence-electron chi connectivity index (χ2n) is 2.86. The first-order valence-corrected chi connectivity index (χ1v) is 4.18. The molecule has 0 heterocycles. The molecular formula is C9H12N2O4. The minimum absolute atomic E-state index is 0.0451. The summed E-state index contributed by atoms with van der Waals surface area (Å²) in [5.74, 6) is 0.0441. The second kappa shape index (κ2) is 4.63. The Kier molecular flexibility index (Phi) is 3.48. The van der Waals surface area contributed by atoms with Crippen LogP contribution in [-0.2, 0) is 4.79 Å². The van der Waals surface area contributed by atoms with E-state index in [1.807, 2.05) is 0 Å². The molecule has 6 heteroatoms. The van der Waals surface area contributed by atoms with Gasteiger partial charge >= 0.3 is 0 Å². The number of benzene rings is 1. The number of methoxy groups -OCH3 is 1. The SMILES string of the molecule is COc1ccc(NC(C)=O)cc1N(O)O. The van der Waals surface area contributed by atoms with Crippen LogP contribution in [0.4, 0.5) is 11.4 Å². The Labute approximate surface area is 86.6 Å². The zero-order chi connectivity index (χ0) is 11.4. The molecule has 1 aromatic rings. The topological polar surface area (TPSA) is 82.0 Å². The summed E-state index contributed by atoms with van der Waals surface area (Å²) in [5, 5.41) is 20.2. The standard InChI is InChI=1S/C9H12N2O4/c1-6(12)10-7-3-4-9(15-2)8(5-7)11(13)14/h3-5,13-14H,1-2H3,(H,10,12). The van der Waals surface area contributed by atoms with Gasteiger partial charge in [-0.05, 0) is 18.2 Å². The van der Waals surface area contributed by atoms with Crippen molar-refractivity contribution < 1.29 is 19.9 Å². The highest BCUT2D eigenvalue weighted by Crippen LogP contribution is 2.29. The van der Waals surface area contributed by atoms with E-state index in [4.69, 9.17) is 15.2 Å². The summed E-state index contributed by atoms with van der Waals surface area (Å²) >= 11 is 0. The highest BCUT2D eigenvalue weighted by molar-refractivity contribution is 5.89. The van der Waals surface area contributed by atoms with E-state index in [-0.39, 0.29) is 22.6 Å². The zero-order valence-corrected chi connectivity index (χ0v) is 8.39. The Hall–Kier alpha value is -1.79. The van der Waals surface area contributed by atoms with Crippen LogP contribution >= 0.6 is 0 Å². The molecule has 0 aliphatic heterocycles. The summed E-state index contributed by atoms with van der Waals surface area (Å²) in [5.41, 5.74) is 0.496. The van der Waals surface area contributed by atoms with E-state index in [0.717, 1.165) is 0 Å². The van der Waals surface area contributed by atoms with Gasteiger partial charge in [0, 0.05) is 12.6 Å². The third kappa shape index (κ3) is 2.83. The first-order chi connectivity index (χ1) is 7.04. The number of carbonyl (C=O) groups is 1. The van der Waals surface area contributed by atoms with Crippen LogP contribution < -0.4 is 15.3 Å². The lowest BCUT2D eigenvalue weighted by molar-refractivity contribution is -0.114. The summed E-state index contributed by atoms with van der Waals surface area (Å²) in [6.07, 6.45) is 0. The van der Waals surface area contributed by atoms with Crippen LogP contribution in [0.5, 0.6) is 5.75 Å². The van der Waals surface area contributed by atoms with Crippen molar-refractivity contribution in [2.75, 3.05) is 17.7 Å². The monoisotopic (exact) mass is 212 g/mol. The van der Waals surface area contributed by atoms with Crippen molar-refractivity contribution in [3.8, 4) is 5.75 Å². The van der Waals surface area contributed by atoms with E-state index in [9.17, 15) is 4.79 Å². The van der Waals surface area contributed by atoms with Crippen molar-refractivity contribution in [2.24, 2.45) is 0 Å². The van der Waals surface area contributed by atoms with Gasteiger partial charge in [0.05, 0.1) is 7.11 Å². The van der Waals surface area contributed by atoms with Crippen LogP contribution in [0.25, 0.3) is 0 Å². The molecule has 0 radical (unpaired) electrons. The number of anilines is 2. The maximum absolute atomic E-state index is 10.8. The van der Waals surface area contributed by atoms with E-state index < -0.39 is 0 Å². The summed E-state index contributed by atoms with van der Waals surface area (Å²) in [7, 11) is 1.40. The van der Waals surface area contributed by atoms with Crippen LogP contribution in [0.15, 0.2) is 18.2 Å². The fourth-order valence-electron chi connectivity index (χ4n) is 1.13. The molecule has 15 heavy (non-hydrogen) atoms. The molecule has 0 saturated heterocycles. The van der Waals surface area contributed by atoms with E-state index >= 15 is 0 Å². The Balaban J connectivity index is 3.04. The van der Waals surface area contributed by atoms with Gasteiger partial charge in [0.1, 0.15) is 11.4 Å². The summed E-state index contributed by atoms with van der Waals surface area (Å²) in [4.78, 5) is 10.8. The zero-order valence-electron chi connectivity index (χ0n) is 8.39. The van der Waals surface area contributed by atoms with Crippen LogP contribution in [0.1, 0.15) is 6.92 Å². The van der Waals surface area contributed by atoms with Crippen molar-refractivity contribution >= 4 is 17.3 Å². The molecule has 82 valence electrons. The lowest BCUT2D eigenvalue weighted by atomic mass is 10.2. The molecule has 6 nitrogen and oxygen atoms in total. The number of rotatable bonds is 3. The van der Waals surface area contributed by atoms with Crippen molar-refractivity contribution in [2.45, 2.75) is 6.92 Å². The fraction of sp³-hybridized carbons (Fsp3) is 0.222. The van der Waals surface area contributed by atoms with Gasteiger partial charge in [0.15, 0.2) is 0 Å². The van der Waals surface area contributed by atoms with Gasteiger partial charge in [-0.15, -0.1) is 5.23 Å². The summed E-state index contributed by atoms with van der Waals surface area (Å²) in [6.45, 7) is 1.36. The van der Waals surface area contributed by atoms with Gasteiger partial charge in [0.2, 0.25) is 5.91 Å². The van der Waals surface area contributed by atoms with Crippen LogP contribution in [0.2, 0.25) is 0 Å². The maximum atomic E-state index is 10.8. The molecular weight excluding hydrogens is 200 g/mol. The first-order valence-electron chi connectivity index (χ1n) is 4.18. The van der Waals surface area contributed by atoms with Crippen LogP contribution in [0.3, 0.4) is 0 Å². The molecule has 1 aromatic carbocycles. The lowest BCUT2D eigenvalue weighted by Gasteiger charge is -2.14. The van der Waals surface area contributed by atoms with Gasteiger partial charge < -0.3 is 10.1 Å². The van der Waals surface area contributed by atoms with Gasteiger partial charge in [-0.1, -0.05) is 0 Å². The van der Waals surface area contributed by atoms with E-state index in [1.165, 1.54) is 26.2 Å². The van der Waals surface area contributed by atoms with Crippen molar-refractivity contribution in [3.05, 3.63) is 18.2 Å². The smallest absolute Gasteiger partial charge is 0.221 e. The second-order valence-corrected chi connectivity index (χ2v) is 2.86. The predicted molar refractivity (Wildman–Crippen MR) is 53.3 cm³/mol. The van der Waals surface area contributed by atoms with Crippen molar-refractivity contribution in [1.29, 1.82) is 0 Å². The van der Waals surface area contributed by atoms with Gasteiger partial charge in [-0.25, -0.2) is 0 Å². The Morgan fingerprint density at radius 2 is 2.13 bits per heavy atom. The minimum Gasteiger partial charge on any atom is -0.494 e. The molecule has 0 spiro atoms. The number of ether oxygens (including phenoxy) is 1. The van der Waals surface area contributed by atoms with Crippen molar-refractivity contribution in [1.82, 2.24) is 0 Å². The molecule has 0 aromatic heterocycles. The Bertz CT molecular complexity index is 365. The fourth-order valence-corrected chi connectivity index (χ4v) is 1.13. The quantitative estimate of drug-likeness (QED) is 0.656. The largest absolute Gasteiger partial charge is 0.494 e. The molecule has 0 unspecified atom stereocenters. The molecule has 0 fully saturated rings. The average molecular weight is 212 g/mol. The summed E-state index contributed by atoms with van der Waals surface area (Å²) in [6, 6.07) is 4.48. The number of nitrogens with one attached hydrogen (secondary N) is 1. The number of amides is 1. The van der Waals surface area contributed by atoms with E-state index in [2.05, 4.69) is 5.32 Å². The van der Waals surface area contributed by atoms with E-state index in [1.54, 1.807) is 6.07 Å². The van der Waals surface area contributed by atoms with Crippen LogP contribution in [-0.4, -0.2) is 23.4 Å². The molecule has 0 aliphatic rings. The number of carbonyl (C=O) groups excluding carboxylic acids is 1. The Morgan fingerprint density at radius 1 is 1.47 bits per heavy atom. The molecule has 0 aliphatic carbocycles. The van der Waals surface area contributed by atoms with Gasteiger partial charge in [-0.2, -0.15) is 0 Å². The molecule has 0 saturated carbocycles. The van der Waals surface area contributed by atoms with Crippen LogP contribution in [0, 0.1) is 0 Å². The first kappa shape index (κ1) is 11.3. The van der Waals surface area contributed by atoms with E-state index in [0.29, 0.717) is 5.69 Å². The third-order valence-corrected chi connectivity index (χ3v) is 1.71. The minimum atomic E-state index is -0.242. The van der Waals surface area contributed by atoms with Gasteiger partial charge in [-0.3, -0.25) is 15.2 Å². The van der Waals surface area contributed by atoms with Gasteiger partial charge in [0.25, 0.3) is 0 Å². The number of hydrogen-bond donors (Lipinski definition) is 3. The molecule has 0 atom stereocenters. The molecule has 1 amide bonds. The lowest BCUT2D eigenvalue weighted by Crippen LogP contribution is -2.13. The molecule has 1 rings (SSSR count).